The summed E-state index contributed by atoms with van der Waals surface area (Å²) in [7, 11) is 1.66. The third kappa shape index (κ3) is 3.17. The molecule has 0 fully saturated rings. The second-order valence-corrected chi connectivity index (χ2v) is 6.32. The van der Waals surface area contributed by atoms with Crippen molar-refractivity contribution in [3.05, 3.63) is 47.0 Å². The van der Waals surface area contributed by atoms with Crippen LogP contribution in [0.25, 0.3) is 11.0 Å². The Hall–Kier alpha value is -2.27. The predicted octanol–water partition coefficient (Wildman–Crippen LogP) is 4.33. The fourth-order valence-electron chi connectivity index (χ4n) is 3.10. The molecule has 2 aromatic heterocycles. The van der Waals surface area contributed by atoms with E-state index in [-0.39, 0.29) is 12.1 Å². The van der Waals surface area contributed by atoms with Gasteiger partial charge in [0.15, 0.2) is 11.3 Å². The highest BCUT2D eigenvalue weighted by Gasteiger charge is 2.18. The van der Waals surface area contributed by atoms with Crippen LogP contribution in [0.5, 0.6) is 5.75 Å². The van der Waals surface area contributed by atoms with E-state index in [0.29, 0.717) is 0 Å². The topological polar surface area (TPSA) is 60.4 Å². The van der Waals surface area contributed by atoms with Crippen LogP contribution in [0.4, 0.5) is 0 Å². The van der Waals surface area contributed by atoms with Gasteiger partial charge in [0, 0.05) is 17.0 Å². The van der Waals surface area contributed by atoms with E-state index in [1.54, 1.807) is 7.11 Å². The van der Waals surface area contributed by atoms with Gasteiger partial charge in [-0.15, -0.1) is 0 Å². The number of nitrogens with one attached hydrogen (secondary N) is 1. The minimum atomic E-state index is 0.0950. The lowest BCUT2D eigenvalue weighted by atomic mass is 10.0. The average molecular weight is 328 g/mol. The molecule has 0 saturated carbocycles. The molecule has 0 saturated heterocycles. The maximum absolute atomic E-state index is 6.02. The Morgan fingerprint density at radius 3 is 2.71 bits per heavy atom. The predicted molar refractivity (Wildman–Crippen MR) is 93.5 cm³/mol. The van der Waals surface area contributed by atoms with E-state index in [9.17, 15) is 0 Å². The third-order valence-corrected chi connectivity index (χ3v) is 4.40. The number of aryl methyl sites for hydroxylation is 2. The number of methoxy groups -OCH3 is 1. The zero-order valence-corrected chi connectivity index (χ0v) is 14.8. The van der Waals surface area contributed by atoms with Gasteiger partial charge in [0.2, 0.25) is 0 Å². The van der Waals surface area contributed by atoms with Crippen molar-refractivity contribution in [3.63, 3.8) is 0 Å². The fraction of sp³-hybridized carbons (Fsp3) is 0.421. The molecule has 0 radical (unpaired) electrons. The maximum atomic E-state index is 6.02. The lowest BCUT2D eigenvalue weighted by Gasteiger charge is -2.18. The molecular weight excluding hydrogens is 304 g/mol. The largest absolute Gasteiger partial charge is 0.493 e. The molecule has 0 aliphatic rings. The lowest BCUT2D eigenvalue weighted by molar-refractivity contribution is 0.384. The number of rotatable bonds is 6. The molecule has 5 heteroatoms. The number of benzene rings is 1. The molecule has 1 N–H and O–H groups in total. The molecule has 3 rings (SSSR count). The quantitative estimate of drug-likeness (QED) is 0.730. The minimum Gasteiger partial charge on any atom is -0.493 e. The first-order valence-electron chi connectivity index (χ1n) is 8.23. The number of para-hydroxylation sites is 1. The number of furan rings is 1. The van der Waals surface area contributed by atoms with E-state index in [1.807, 2.05) is 32.0 Å². The summed E-state index contributed by atoms with van der Waals surface area (Å²) in [5, 5.41) is 8.65. The van der Waals surface area contributed by atoms with E-state index in [1.165, 1.54) is 5.56 Å². The van der Waals surface area contributed by atoms with Crippen molar-refractivity contribution >= 4 is 11.0 Å². The standard InChI is InChI=1S/C19H24N2O3/c1-11(9-16-12(2)21-24-14(16)4)20-13(3)18-10-15-7-6-8-17(22-5)19(15)23-18/h6-8,10-11,13,20H,9H2,1-5H3/t11-,13-/m1/s1. The van der Waals surface area contributed by atoms with Gasteiger partial charge in [0.1, 0.15) is 11.5 Å². The SMILES string of the molecule is COc1cccc2cc([C@@H](C)N[C@H](C)Cc3c(C)noc3C)oc12. The molecule has 1 aromatic carbocycles. The summed E-state index contributed by atoms with van der Waals surface area (Å²) in [5.74, 6) is 2.55. The molecule has 0 aliphatic heterocycles. The molecule has 0 aliphatic carbocycles. The number of ether oxygens (including phenoxy) is 1. The molecule has 128 valence electrons. The van der Waals surface area contributed by atoms with Gasteiger partial charge < -0.3 is 19.0 Å². The van der Waals surface area contributed by atoms with E-state index in [4.69, 9.17) is 13.7 Å². The summed E-state index contributed by atoms with van der Waals surface area (Å²) in [6.45, 7) is 8.20. The van der Waals surface area contributed by atoms with Crippen molar-refractivity contribution in [1.82, 2.24) is 10.5 Å². The summed E-state index contributed by atoms with van der Waals surface area (Å²) in [6.07, 6.45) is 0.870. The molecule has 0 unspecified atom stereocenters. The molecule has 0 spiro atoms. The maximum Gasteiger partial charge on any atom is 0.176 e. The van der Waals surface area contributed by atoms with Gasteiger partial charge in [0.25, 0.3) is 0 Å². The van der Waals surface area contributed by atoms with Gasteiger partial charge in [0.05, 0.1) is 18.8 Å². The first kappa shape index (κ1) is 16.6. The fourth-order valence-corrected chi connectivity index (χ4v) is 3.10. The van der Waals surface area contributed by atoms with Crippen LogP contribution < -0.4 is 10.1 Å². The van der Waals surface area contributed by atoms with Crippen LogP contribution >= 0.6 is 0 Å². The number of hydrogen-bond acceptors (Lipinski definition) is 5. The molecule has 0 amide bonds. The summed E-state index contributed by atoms with van der Waals surface area (Å²) in [6, 6.07) is 8.35. The van der Waals surface area contributed by atoms with Gasteiger partial charge in [-0.2, -0.15) is 0 Å². The van der Waals surface area contributed by atoms with Crippen molar-refractivity contribution in [2.75, 3.05) is 7.11 Å². The van der Waals surface area contributed by atoms with Crippen LogP contribution in [0, 0.1) is 13.8 Å². The Labute approximate surface area is 142 Å². The lowest BCUT2D eigenvalue weighted by Crippen LogP contribution is -2.30. The number of aromatic nitrogens is 1. The van der Waals surface area contributed by atoms with Gasteiger partial charge in [-0.05, 0) is 46.2 Å². The highest BCUT2D eigenvalue weighted by atomic mass is 16.5. The van der Waals surface area contributed by atoms with Crippen LogP contribution in [-0.4, -0.2) is 18.3 Å². The zero-order valence-electron chi connectivity index (χ0n) is 14.8. The second kappa shape index (κ2) is 6.69. The molecule has 5 nitrogen and oxygen atoms in total. The van der Waals surface area contributed by atoms with Crippen molar-refractivity contribution in [1.29, 1.82) is 0 Å². The van der Waals surface area contributed by atoms with Gasteiger partial charge >= 0.3 is 0 Å². The highest BCUT2D eigenvalue weighted by molar-refractivity contribution is 5.83. The Morgan fingerprint density at radius 1 is 1.25 bits per heavy atom. The monoisotopic (exact) mass is 328 g/mol. The number of nitrogens with zero attached hydrogens (tertiary/aromatic N) is 1. The van der Waals surface area contributed by atoms with Gasteiger partial charge in [-0.25, -0.2) is 0 Å². The number of hydrogen-bond donors (Lipinski definition) is 1. The van der Waals surface area contributed by atoms with E-state index in [2.05, 4.69) is 30.4 Å². The third-order valence-electron chi connectivity index (χ3n) is 4.40. The van der Waals surface area contributed by atoms with Crippen molar-refractivity contribution in [3.8, 4) is 5.75 Å². The Morgan fingerprint density at radius 2 is 2.04 bits per heavy atom. The van der Waals surface area contributed by atoms with Crippen LogP contribution in [0.2, 0.25) is 0 Å². The second-order valence-electron chi connectivity index (χ2n) is 6.32. The van der Waals surface area contributed by atoms with Gasteiger partial charge in [-0.1, -0.05) is 17.3 Å². The Bertz CT molecular complexity index is 815. The summed E-state index contributed by atoms with van der Waals surface area (Å²) in [5.41, 5.74) is 2.93. The van der Waals surface area contributed by atoms with E-state index < -0.39 is 0 Å². The van der Waals surface area contributed by atoms with Crippen LogP contribution in [0.15, 0.2) is 33.2 Å². The van der Waals surface area contributed by atoms with E-state index in [0.717, 1.165) is 40.4 Å². The summed E-state index contributed by atoms with van der Waals surface area (Å²) >= 11 is 0. The molecule has 2 atom stereocenters. The first-order chi connectivity index (χ1) is 11.5. The molecule has 24 heavy (non-hydrogen) atoms. The molecule has 0 bridgehead atoms. The van der Waals surface area contributed by atoms with Crippen molar-refractivity contribution in [2.45, 2.75) is 46.2 Å². The van der Waals surface area contributed by atoms with Crippen LogP contribution in [0.1, 0.15) is 42.7 Å². The zero-order chi connectivity index (χ0) is 17.3. The summed E-state index contributed by atoms with van der Waals surface area (Å²) < 4.78 is 16.6. The minimum absolute atomic E-state index is 0.0950. The first-order valence-corrected chi connectivity index (χ1v) is 8.23. The normalized spacial score (nSPS) is 14.0. The summed E-state index contributed by atoms with van der Waals surface area (Å²) in [4.78, 5) is 0. The van der Waals surface area contributed by atoms with Crippen LogP contribution in [0.3, 0.4) is 0 Å². The van der Waals surface area contributed by atoms with Gasteiger partial charge in [-0.3, -0.25) is 0 Å². The molecule has 2 heterocycles. The van der Waals surface area contributed by atoms with E-state index >= 15 is 0 Å². The number of fused-ring (bicyclic) bond motifs is 1. The molecule has 3 aromatic rings. The smallest absolute Gasteiger partial charge is 0.176 e. The average Bonchev–Trinajstić information content (AvgIpc) is 3.13. The Kier molecular flexibility index (Phi) is 4.62. The molecular formula is C19H24N2O3. The Balaban J connectivity index is 1.73. The van der Waals surface area contributed by atoms with Crippen molar-refractivity contribution in [2.24, 2.45) is 0 Å². The van der Waals surface area contributed by atoms with Crippen molar-refractivity contribution < 1.29 is 13.7 Å². The van der Waals surface area contributed by atoms with Crippen LogP contribution in [-0.2, 0) is 6.42 Å². The highest BCUT2D eigenvalue weighted by Crippen LogP contribution is 2.31.